The number of carboxylic acids is 1. The third-order valence-corrected chi connectivity index (χ3v) is 4.48. The minimum Gasteiger partial charge on any atom is -0.481 e. The number of para-hydroxylation sites is 1. The number of likely N-dealkylation sites (tertiary alicyclic amines) is 1. The van der Waals surface area contributed by atoms with Crippen molar-refractivity contribution in [1.82, 2.24) is 4.90 Å². The Hall–Kier alpha value is -1.69. The molecule has 1 aromatic rings. The molecule has 0 saturated carbocycles. The molecule has 0 bridgehead atoms. The van der Waals surface area contributed by atoms with Gasteiger partial charge in [0.05, 0.1) is 11.6 Å². The zero-order chi connectivity index (χ0) is 14.7. The van der Waals surface area contributed by atoms with E-state index in [1.807, 2.05) is 30.5 Å². The predicted molar refractivity (Wildman–Crippen MR) is 79.2 cm³/mol. The molecule has 6 heteroatoms. The van der Waals surface area contributed by atoms with E-state index >= 15 is 0 Å². The summed E-state index contributed by atoms with van der Waals surface area (Å²) in [5, 5.41) is 12.0. The molecule has 2 atom stereocenters. The third kappa shape index (κ3) is 2.90. The van der Waals surface area contributed by atoms with E-state index in [9.17, 15) is 9.59 Å². The van der Waals surface area contributed by atoms with Crippen LogP contribution in [-0.2, 0) is 4.79 Å². The predicted octanol–water partition coefficient (Wildman–Crippen LogP) is 2.74. The van der Waals surface area contributed by atoms with Gasteiger partial charge in [-0.3, -0.25) is 4.79 Å². The summed E-state index contributed by atoms with van der Waals surface area (Å²) in [7, 11) is 0. The number of amides is 2. The average Bonchev–Trinajstić information content (AvgIpc) is 2.81. The maximum Gasteiger partial charge on any atom is 0.322 e. The third-order valence-electron chi connectivity index (χ3n) is 3.68. The number of hydrogen-bond donors (Lipinski definition) is 2. The van der Waals surface area contributed by atoms with Crippen molar-refractivity contribution in [2.24, 2.45) is 5.92 Å². The van der Waals surface area contributed by atoms with Gasteiger partial charge in [0.15, 0.2) is 0 Å². The van der Waals surface area contributed by atoms with Gasteiger partial charge in [-0.25, -0.2) is 4.79 Å². The molecule has 5 nitrogen and oxygen atoms in total. The number of urea groups is 1. The van der Waals surface area contributed by atoms with Crippen molar-refractivity contribution < 1.29 is 14.7 Å². The summed E-state index contributed by atoms with van der Waals surface area (Å²) in [5.74, 6) is -1.31. The van der Waals surface area contributed by atoms with Gasteiger partial charge >= 0.3 is 12.0 Å². The topological polar surface area (TPSA) is 69.6 Å². The Labute approximate surface area is 122 Å². The summed E-state index contributed by atoms with van der Waals surface area (Å²) >= 11 is 1.56. The van der Waals surface area contributed by atoms with E-state index in [2.05, 4.69) is 5.32 Å². The zero-order valence-electron chi connectivity index (χ0n) is 11.5. The molecule has 0 aromatic heterocycles. The number of benzene rings is 1. The van der Waals surface area contributed by atoms with Gasteiger partial charge in [0.2, 0.25) is 0 Å². The van der Waals surface area contributed by atoms with E-state index in [1.54, 1.807) is 23.6 Å². The first-order valence-electron chi connectivity index (χ1n) is 6.48. The molecular formula is C14H18N2O3S. The number of carboxylic acid groups (broad SMARTS) is 1. The van der Waals surface area contributed by atoms with E-state index in [-0.39, 0.29) is 12.1 Å². The highest BCUT2D eigenvalue weighted by atomic mass is 32.2. The Morgan fingerprint density at radius 2 is 2.10 bits per heavy atom. The second kappa shape index (κ2) is 6.17. The van der Waals surface area contributed by atoms with Crippen molar-refractivity contribution in [2.75, 3.05) is 18.1 Å². The summed E-state index contributed by atoms with van der Waals surface area (Å²) in [6.07, 6.45) is 2.46. The highest BCUT2D eigenvalue weighted by Crippen LogP contribution is 2.28. The van der Waals surface area contributed by atoms with Crippen LogP contribution in [-0.4, -0.2) is 40.8 Å². The average molecular weight is 294 g/mol. The normalized spacial score (nSPS) is 21.8. The van der Waals surface area contributed by atoms with E-state index in [4.69, 9.17) is 5.11 Å². The van der Waals surface area contributed by atoms with E-state index in [0.29, 0.717) is 13.0 Å². The van der Waals surface area contributed by atoms with Crippen LogP contribution in [0.15, 0.2) is 29.2 Å². The maximum absolute atomic E-state index is 12.3. The van der Waals surface area contributed by atoms with Gasteiger partial charge in [-0.2, -0.15) is 0 Å². The van der Waals surface area contributed by atoms with E-state index < -0.39 is 11.9 Å². The number of thioether (sulfide) groups is 1. The van der Waals surface area contributed by atoms with Gasteiger partial charge in [0, 0.05) is 17.5 Å². The number of anilines is 1. The fourth-order valence-electron chi connectivity index (χ4n) is 2.49. The van der Waals surface area contributed by atoms with Crippen LogP contribution in [0.5, 0.6) is 0 Å². The Morgan fingerprint density at radius 1 is 1.40 bits per heavy atom. The molecule has 2 N–H and O–H groups in total. The van der Waals surface area contributed by atoms with Crippen LogP contribution in [0.25, 0.3) is 0 Å². The first-order chi connectivity index (χ1) is 9.54. The fraction of sp³-hybridized carbons (Fsp3) is 0.429. The lowest BCUT2D eigenvalue weighted by molar-refractivity contribution is -0.142. The second-order valence-electron chi connectivity index (χ2n) is 4.80. The number of carbonyl (C=O) groups excluding carboxylic acids is 1. The highest BCUT2D eigenvalue weighted by Gasteiger charge is 2.38. The standard InChI is InChI=1S/C14H18N2O3S/c1-9-10(13(17)18)7-8-16(9)14(19)15-11-5-3-4-6-12(11)20-2/h3-6,9-10H,7-8H2,1-2H3,(H,15,19)(H,17,18). The molecule has 108 valence electrons. The number of nitrogens with zero attached hydrogens (tertiary/aromatic N) is 1. The number of nitrogens with one attached hydrogen (secondary N) is 1. The highest BCUT2D eigenvalue weighted by molar-refractivity contribution is 7.98. The lowest BCUT2D eigenvalue weighted by Gasteiger charge is -2.24. The molecule has 0 aliphatic carbocycles. The number of rotatable bonds is 3. The van der Waals surface area contributed by atoms with Gasteiger partial charge in [-0.05, 0) is 31.7 Å². The smallest absolute Gasteiger partial charge is 0.322 e. The minimum absolute atomic E-state index is 0.234. The van der Waals surface area contributed by atoms with Gasteiger partial charge < -0.3 is 15.3 Å². The summed E-state index contributed by atoms with van der Waals surface area (Å²) < 4.78 is 0. The van der Waals surface area contributed by atoms with Crippen LogP contribution >= 0.6 is 11.8 Å². The molecule has 1 heterocycles. The van der Waals surface area contributed by atoms with Gasteiger partial charge in [0.1, 0.15) is 0 Å². The quantitative estimate of drug-likeness (QED) is 0.841. The van der Waals surface area contributed by atoms with E-state index in [0.717, 1.165) is 10.6 Å². The van der Waals surface area contributed by atoms with Crippen molar-refractivity contribution >= 4 is 29.4 Å². The van der Waals surface area contributed by atoms with Crippen LogP contribution in [0.2, 0.25) is 0 Å². The van der Waals surface area contributed by atoms with Crippen molar-refractivity contribution in [1.29, 1.82) is 0 Å². The molecule has 1 aromatic carbocycles. The largest absolute Gasteiger partial charge is 0.481 e. The number of carbonyl (C=O) groups is 2. The maximum atomic E-state index is 12.3. The SMILES string of the molecule is CSc1ccccc1NC(=O)N1CCC(C(=O)O)C1C. The lowest BCUT2D eigenvalue weighted by Crippen LogP contribution is -2.40. The molecule has 1 aliphatic heterocycles. The molecule has 1 saturated heterocycles. The molecular weight excluding hydrogens is 276 g/mol. The summed E-state index contributed by atoms with van der Waals surface area (Å²) in [6.45, 7) is 2.26. The molecule has 1 fully saturated rings. The molecule has 2 amide bonds. The molecule has 0 radical (unpaired) electrons. The lowest BCUT2D eigenvalue weighted by atomic mass is 10.0. The van der Waals surface area contributed by atoms with Crippen molar-refractivity contribution in [3.8, 4) is 0 Å². The molecule has 20 heavy (non-hydrogen) atoms. The minimum atomic E-state index is -0.836. The molecule has 0 spiro atoms. The monoisotopic (exact) mass is 294 g/mol. The summed E-state index contributed by atoms with van der Waals surface area (Å²) in [4.78, 5) is 25.9. The Morgan fingerprint density at radius 3 is 2.70 bits per heavy atom. The van der Waals surface area contributed by atoms with Crippen molar-refractivity contribution in [2.45, 2.75) is 24.3 Å². The van der Waals surface area contributed by atoms with E-state index in [1.165, 1.54) is 0 Å². The summed E-state index contributed by atoms with van der Waals surface area (Å²) in [5.41, 5.74) is 0.760. The first kappa shape index (κ1) is 14.7. The van der Waals surface area contributed by atoms with Crippen LogP contribution in [0.1, 0.15) is 13.3 Å². The first-order valence-corrected chi connectivity index (χ1v) is 7.70. The summed E-state index contributed by atoms with van der Waals surface area (Å²) in [6, 6.07) is 7.05. The number of hydrogen-bond acceptors (Lipinski definition) is 3. The molecule has 2 unspecified atom stereocenters. The Balaban J connectivity index is 2.08. The van der Waals surface area contributed by atoms with Crippen LogP contribution in [0.4, 0.5) is 10.5 Å². The van der Waals surface area contributed by atoms with Crippen LogP contribution in [0, 0.1) is 5.92 Å². The fourth-order valence-corrected chi connectivity index (χ4v) is 3.05. The van der Waals surface area contributed by atoms with Gasteiger partial charge in [0.25, 0.3) is 0 Å². The van der Waals surface area contributed by atoms with Crippen LogP contribution in [0.3, 0.4) is 0 Å². The molecule has 2 rings (SSSR count). The Bertz CT molecular complexity index is 521. The Kier molecular flexibility index (Phi) is 4.54. The van der Waals surface area contributed by atoms with Gasteiger partial charge in [-0.1, -0.05) is 12.1 Å². The molecule has 1 aliphatic rings. The van der Waals surface area contributed by atoms with Gasteiger partial charge in [-0.15, -0.1) is 11.8 Å². The van der Waals surface area contributed by atoms with Crippen molar-refractivity contribution in [3.05, 3.63) is 24.3 Å². The second-order valence-corrected chi connectivity index (χ2v) is 5.65. The number of aliphatic carboxylic acids is 1. The van der Waals surface area contributed by atoms with Crippen LogP contribution < -0.4 is 5.32 Å². The van der Waals surface area contributed by atoms with Crippen molar-refractivity contribution in [3.63, 3.8) is 0 Å². The zero-order valence-corrected chi connectivity index (χ0v) is 12.3.